The first kappa shape index (κ1) is 17.4. The van der Waals surface area contributed by atoms with Crippen LogP contribution < -0.4 is 15.8 Å². The fourth-order valence-corrected chi connectivity index (χ4v) is 3.61. The van der Waals surface area contributed by atoms with E-state index in [9.17, 15) is 5.26 Å². The zero-order valence-electron chi connectivity index (χ0n) is 15.3. The molecule has 0 atom stereocenters. The summed E-state index contributed by atoms with van der Waals surface area (Å²) in [5.41, 5.74) is 9.38. The van der Waals surface area contributed by atoms with Crippen LogP contribution in [0.25, 0.3) is 11.0 Å². The molecule has 1 aromatic carbocycles. The zero-order valence-corrected chi connectivity index (χ0v) is 15.3. The van der Waals surface area contributed by atoms with E-state index in [2.05, 4.69) is 44.7 Å². The molecular formula is C19H23N7O. The molecule has 4 rings (SSSR count). The maximum Gasteiger partial charge on any atom is 0.154 e. The van der Waals surface area contributed by atoms with Crippen LogP contribution in [0.3, 0.4) is 0 Å². The number of rotatable bonds is 5. The molecule has 1 aliphatic heterocycles. The van der Waals surface area contributed by atoms with E-state index in [1.54, 1.807) is 13.2 Å². The Bertz CT molecular complexity index is 992. The van der Waals surface area contributed by atoms with Crippen LogP contribution in [0.15, 0.2) is 24.3 Å². The second-order valence-corrected chi connectivity index (χ2v) is 6.77. The van der Waals surface area contributed by atoms with E-state index in [1.807, 2.05) is 4.57 Å². The average molecular weight is 365 g/mol. The van der Waals surface area contributed by atoms with E-state index < -0.39 is 0 Å². The Morgan fingerprint density at radius 3 is 2.81 bits per heavy atom. The predicted molar refractivity (Wildman–Crippen MR) is 103 cm³/mol. The molecule has 8 nitrogen and oxygen atoms in total. The minimum atomic E-state index is 0.401. The first-order valence-corrected chi connectivity index (χ1v) is 9.01. The molecule has 0 unspecified atom stereocenters. The summed E-state index contributed by atoms with van der Waals surface area (Å²) in [6, 6.07) is 10.3. The summed E-state index contributed by atoms with van der Waals surface area (Å²) in [5, 5.41) is 20.6. The van der Waals surface area contributed by atoms with E-state index in [0.29, 0.717) is 18.1 Å². The summed E-state index contributed by atoms with van der Waals surface area (Å²) in [7, 11) is 1.68. The second kappa shape index (κ2) is 7.31. The standard InChI is InChI=1S/C19H23N7O/c1-27-17-8-13(11-25-6-4-22-5-7-25)2-3-14(17)12-26-15(10-20)9-16-18(21)23-24-19(16)26/h2-3,8-9,22H,4-7,11-12H2,1H3,(H3,21,23,24). The average Bonchev–Trinajstić information content (AvgIpc) is 3.23. The highest BCUT2D eigenvalue weighted by molar-refractivity contribution is 5.88. The molecular weight excluding hydrogens is 342 g/mol. The summed E-state index contributed by atoms with van der Waals surface area (Å²) >= 11 is 0. The molecule has 0 spiro atoms. The highest BCUT2D eigenvalue weighted by atomic mass is 16.5. The number of nitrogen functional groups attached to an aromatic ring is 1. The number of methoxy groups -OCH3 is 1. The summed E-state index contributed by atoms with van der Waals surface area (Å²) in [5.74, 6) is 1.22. The molecule has 1 saturated heterocycles. The highest BCUT2D eigenvalue weighted by Crippen LogP contribution is 2.27. The Kier molecular flexibility index (Phi) is 4.71. The molecule has 0 saturated carbocycles. The topological polar surface area (TPSA) is 108 Å². The van der Waals surface area contributed by atoms with Crippen molar-refractivity contribution in [3.63, 3.8) is 0 Å². The number of nitriles is 1. The third-order valence-electron chi connectivity index (χ3n) is 5.07. The van der Waals surface area contributed by atoms with Crippen LogP contribution >= 0.6 is 0 Å². The van der Waals surface area contributed by atoms with Crippen LogP contribution in [0.2, 0.25) is 0 Å². The molecule has 140 valence electrons. The summed E-state index contributed by atoms with van der Waals surface area (Å²) in [4.78, 5) is 2.43. The molecule has 8 heteroatoms. The van der Waals surface area contributed by atoms with E-state index in [0.717, 1.165) is 55.1 Å². The van der Waals surface area contributed by atoms with Crippen molar-refractivity contribution < 1.29 is 4.74 Å². The highest BCUT2D eigenvalue weighted by Gasteiger charge is 2.16. The largest absolute Gasteiger partial charge is 0.496 e. The Labute approximate surface area is 157 Å². The molecule has 27 heavy (non-hydrogen) atoms. The van der Waals surface area contributed by atoms with Crippen molar-refractivity contribution in [3.05, 3.63) is 41.1 Å². The van der Waals surface area contributed by atoms with Crippen molar-refractivity contribution in [2.75, 3.05) is 39.0 Å². The van der Waals surface area contributed by atoms with Gasteiger partial charge in [0.1, 0.15) is 23.2 Å². The van der Waals surface area contributed by atoms with Crippen LogP contribution in [0, 0.1) is 11.3 Å². The number of piperazine rings is 1. The quantitative estimate of drug-likeness (QED) is 0.629. The minimum Gasteiger partial charge on any atom is -0.496 e. The number of anilines is 1. The van der Waals surface area contributed by atoms with E-state index in [1.165, 1.54) is 5.56 Å². The molecule has 3 aromatic rings. The number of nitrogens with two attached hydrogens (primary N) is 1. The Morgan fingerprint density at radius 1 is 1.26 bits per heavy atom. The van der Waals surface area contributed by atoms with Crippen LogP contribution in [0.1, 0.15) is 16.8 Å². The number of H-pyrrole nitrogens is 1. The third-order valence-corrected chi connectivity index (χ3v) is 5.07. The molecule has 0 amide bonds. The van der Waals surface area contributed by atoms with Crippen molar-refractivity contribution in [2.24, 2.45) is 0 Å². The van der Waals surface area contributed by atoms with Gasteiger partial charge in [-0.05, 0) is 17.7 Å². The predicted octanol–water partition coefficient (Wildman–Crippen LogP) is 1.28. The molecule has 1 fully saturated rings. The molecule has 3 heterocycles. The summed E-state index contributed by atoms with van der Waals surface area (Å²) in [6.07, 6.45) is 0. The smallest absolute Gasteiger partial charge is 0.154 e. The summed E-state index contributed by atoms with van der Waals surface area (Å²) in [6.45, 7) is 5.58. The molecule has 0 bridgehead atoms. The lowest BCUT2D eigenvalue weighted by molar-refractivity contribution is 0.233. The fraction of sp³-hybridized carbons (Fsp3) is 0.368. The van der Waals surface area contributed by atoms with Gasteiger partial charge in [0.2, 0.25) is 0 Å². The van der Waals surface area contributed by atoms with Crippen LogP contribution in [0.5, 0.6) is 5.75 Å². The number of nitrogens with one attached hydrogen (secondary N) is 2. The Hall–Kier alpha value is -3.02. The van der Waals surface area contributed by atoms with Gasteiger partial charge in [0, 0.05) is 38.3 Å². The molecule has 0 radical (unpaired) electrons. The number of aromatic amines is 1. The van der Waals surface area contributed by atoms with Crippen molar-refractivity contribution >= 4 is 16.9 Å². The second-order valence-electron chi connectivity index (χ2n) is 6.77. The fourth-order valence-electron chi connectivity index (χ4n) is 3.61. The normalized spacial score (nSPS) is 15.1. The van der Waals surface area contributed by atoms with Crippen molar-refractivity contribution in [2.45, 2.75) is 13.1 Å². The summed E-state index contributed by atoms with van der Waals surface area (Å²) < 4.78 is 7.52. The van der Waals surface area contributed by atoms with Gasteiger partial charge in [-0.2, -0.15) is 10.4 Å². The number of hydrogen-bond acceptors (Lipinski definition) is 6. The number of fused-ring (bicyclic) bond motifs is 1. The number of ether oxygens (including phenoxy) is 1. The van der Waals surface area contributed by atoms with Gasteiger partial charge >= 0.3 is 0 Å². The molecule has 1 aliphatic rings. The lowest BCUT2D eigenvalue weighted by atomic mass is 10.1. The lowest BCUT2D eigenvalue weighted by Crippen LogP contribution is -2.42. The third kappa shape index (κ3) is 3.35. The lowest BCUT2D eigenvalue weighted by Gasteiger charge is -2.27. The number of aromatic nitrogens is 3. The van der Waals surface area contributed by atoms with Gasteiger partial charge in [0.15, 0.2) is 5.82 Å². The van der Waals surface area contributed by atoms with E-state index >= 15 is 0 Å². The number of nitrogens with zero attached hydrogens (tertiary/aromatic N) is 4. The van der Waals surface area contributed by atoms with Crippen molar-refractivity contribution in [1.82, 2.24) is 25.0 Å². The van der Waals surface area contributed by atoms with Gasteiger partial charge < -0.3 is 20.4 Å². The molecule has 0 aliphatic carbocycles. The van der Waals surface area contributed by atoms with Gasteiger partial charge in [-0.1, -0.05) is 12.1 Å². The zero-order chi connectivity index (χ0) is 18.8. The molecule has 2 aromatic heterocycles. The van der Waals surface area contributed by atoms with Gasteiger partial charge in [-0.25, -0.2) is 0 Å². The van der Waals surface area contributed by atoms with Crippen LogP contribution in [-0.4, -0.2) is 53.0 Å². The Balaban J connectivity index is 1.61. The van der Waals surface area contributed by atoms with Gasteiger partial charge in [-0.3, -0.25) is 10.00 Å². The van der Waals surface area contributed by atoms with Crippen molar-refractivity contribution in [1.29, 1.82) is 5.26 Å². The number of benzene rings is 1. The van der Waals surface area contributed by atoms with Crippen molar-refractivity contribution in [3.8, 4) is 11.8 Å². The van der Waals surface area contributed by atoms with Crippen LogP contribution in [0.4, 0.5) is 5.82 Å². The maximum atomic E-state index is 9.47. The van der Waals surface area contributed by atoms with Gasteiger partial charge in [-0.15, -0.1) is 0 Å². The maximum absolute atomic E-state index is 9.47. The van der Waals surface area contributed by atoms with E-state index in [-0.39, 0.29) is 0 Å². The van der Waals surface area contributed by atoms with E-state index in [4.69, 9.17) is 10.5 Å². The number of hydrogen-bond donors (Lipinski definition) is 3. The minimum absolute atomic E-state index is 0.401. The van der Waals surface area contributed by atoms with Crippen LogP contribution in [-0.2, 0) is 13.1 Å². The molecule has 4 N–H and O–H groups in total. The van der Waals surface area contributed by atoms with Gasteiger partial charge in [0.25, 0.3) is 0 Å². The van der Waals surface area contributed by atoms with Gasteiger partial charge in [0.05, 0.1) is 19.0 Å². The monoisotopic (exact) mass is 365 g/mol. The first-order valence-electron chi connectivity index (χ1n) is 9.01. The Morgan fingerprint density at radius 2 is 2.07 bits per heavy atom. The first-order chi connectivity index (χ1) is 13.2. The SMILES string of the molecule is COc1cc(CN2CCNCC2)ccc1Cn1c(C#N)cc2c(N)n[nH]c21.